The van der Waals surface area contributed by atoms with Crippen LogP contribution in [0.2, 0.25) is 0 Å². The number of hydrogen-bond donors (Lipinski definition) is 1. The molecular weight excluding hydrogens is 392 g/mol. The number of benzene rings is 1. The molecule has 1 fully saturated rings. The standard InChI is InChI=1S/C23H28N6O2/c1-15-12-25-20(14-24-15)23-28-27-22(31-23)18-6-4-16(5-7-18)13-26-21(30)17-8-10-19(11-9-17)29(2)3/h8-12,14,16,18H,4-7,13H2,1-3H3,(H,26,30). The number of hydrogen-bond acceptors (Lipinski definition) is 7. The Morgan fingerprint density at radius 2 is 1.81 bits per heavy atom. The molecular formula is C23H28N6O2. The predicted molar refractivity (Wildman–Crippen MR) is 118 cm³/mol. The molecule has 0 atom stereocenters. The molecule has 8 heteroatoms. The molecule has 162 valence electrons. The molecule has 8 nitrogen and oxygen atoms in total. The van der Waals surface area contributed by atoms with Crippen molar-refractivity contribution >= 4 is 11.6 Å². The van der Waals surface area contributed by atoms with Crippen LogP contribution in [-0.2, 0) is 0 Å². The summed E-state index contributed by atoms with van der Waals surface area (Å²) in [5.74, 6) is 1.78. The van der Waals surface area contributed by atoms with Crippen LogP contribution in [0.4, 0.5) is 5.69 Å². The Hall–Kier alpha value is -3.29. The van der Waals surface area contributed by atoms with Gasteiger partial charge in [-0.05, 0) is 62.8 Å². The highest BCUT2D eigenvalue weighted by Gasteiger charge is 2.27. The highest BCUT2D eigenvalue weighted by Crippen LogP contribution is 2.35. The summed E-state index contributed by atoms with van der Waals surface area (Å²) < 4.78 is 5.87. The van der Waals surface area contributed by atoms with E-state index in [2.05, 4.69) is 25.5 Å². The van der Waals surface area contributed by atoms with Crippen molar-refractivity contribution in [2.24, 2.45) is 5.92 Å². The van der Waals surface area contributed by atoms with Crippen molar-refractivity contribution < 1.29 is 9.21 Å². The number of nitrogens with one attached hydrogen (secondary N) is 1. The lowest BCUT2D eigenvalue weighted by atomic mass is 9.82. The van der Waals surface area contributed by atoms with Crippen LogP contribution in [0.1, 0.15) is 53.5 Å². The Labute approximate surface area is 182 Å². The molecule has 3 aromatic rings. The van der Waals surface area contributed by atoms with Gasteiger partial charge in [0, 0.05) is 44.0 Å². The van der Waals surface area contributed by atoms with E-state index in [1.54, 1.807) is 12.4 Å². The first-order chi connectivity index (χ1) is 15.0. The van der Waals surface area contributed by atoms with E-state index < -0.39 is 0 Å². The quantitative estimate of drug-likeness (QED) is 0.651. The fraction of sp³-hybridized carbons (Fsp3) is 0.435. The van der Waals surface area contributed by atoms with Crippen LogP contribution >= 0.6 is 0 Å². The zero-order valence-electron chi connectivity index (χ0n) is 18.2. The van der Waals surface area contributed by atoms with E-state index in [0.717, 1.165) is 37.1 Å². The third-order valence-corrected chi connectivity index (χ3v) is 5.83. The van der Waals surface area contributed by atoms with Gasteiger partial charge in [0.05, 0.1) is 11.9 Å². The number of anilines is 1. The van der Waals surface area contributed by atoms with E-state index in [1.807, 2.05) is 50.2 Å². The van der Waals surface area contributed by atoms with Crippen molar-refractivity contribution in [3.8, 4) is 11.6 Å². The average molecular weight is 421 g/mol. The van der Waals surface area contributed by atoms with Gasteiger partial charge in [-0.2, -0.15) is 0 Å². The Morgan fingerprint density at radius 3 is 2.45 bits per heavy atom. The minimum atomic E-state index is -0.0202. The van der Waals surface area contributed by atoms with Crippen LogP contribution in [0, 0.1) is 12.8 Å². The number of carbonyl (C=O) groups is 1. The van der Waals surface area contributed by atoms with Crippen LogP contribution in [0.3, 0.4) is 0 Å². The van der Waals surface area contributed by atoms with E-state index in [9.17, 15) is 4.79 Å². The molecule has 1 aromatic carbocycles. The average Bonchev–Trinajstić information content (AvgIpc) is 3.28. The smallest absolute Gasteiger partial charge is 0.267 e. The largest absolute Gasteiger partial charge is 0.419 e. The maximum absolute atomic E-state index is 12.4. The first-order valence-corrected chi connectivity index (χ1v) is 10.7. The summed E-state index contributed by atoms with van der Waals surface area (Å²) in [5.41, 5.74) is 3.21. The van der Waals surface area contributed by atoms with Gasteiger partial charge in [-0.3, -0.25) is 9.78 Å². The summed E-state index contributed by atoms with van der Waals surface area (Å²) in [7, 11) is 3.97. The molecule has 0 unspecified atom stereocenters. The Bertz CT molecular complexity index is 1010. The zero-order valence-corrected chi connectivity index (χ0v) is 18.2. The molecule has 2 heterocycles. The van der Waals surface area contributed by atoms with Crippen molar-refractivity contribution in [1.29, 1.82) is 0 Å². The number of amides is 1. The summed E-state index contributed by atoms with van der Waals surface area (Å²) in [4.78, 5) is 23.0. The Balaban J connectivity index is 1.26. The third-order valence-electron chi connectivity index (χ3n) is 5.83. The SMILES string of the molecule is Cc1cnc(-c2nnc(C3CCC(CNC(=O)c4ccc(N(C)C)cc4)CC3)o2)cn1. The highest BCUT2D eigenvalue weighted by atomic mass is 16.4. The summed E-state index contributed by atoms with van der Waals surface area (Å²) in [6.07, 6.45) is 7.33. The van der Waals surface area contributed by atoms with Gasteiger partial charge in [0.1, 0.15) is 5.69 Å². The number of rotatable bonds is 6. The van der Waals surface area contributed by atoms with Crippen LogP contribution in [0.5, 0.6) is 0 Å². The van der Waals surface area contributed by atoms with Crippen molar-refractivity contribution in [2.45, 2.75) is 38.5 Å². The maximum Gasteiger partial charge on any atom is 0.267 e. The van der Waals surface area contributed by atoms with Crippen LogP contribution in [-0.4, -0.2) is 46.7 Å². The first-order valence-electron chi connectivity index (χ1n) is 10.7. The van der Waals surface area contributed by atoms with Crippen molar-refractivity contribution in [1.82, 2.24) is 25.5 Å². The summed E-state index contributed by atoms with van der Waals surface area (Å²) in [5, 5.41) is 11.5. The molecule has 1 N–H and O–H groups in total. The topological polar surface area (TPSA) is 97.0 Å². The molecule has 0 bridgehead atoms. The van der Waals surface area contributed by atoms with Crippen molar-refractivity contribution in [3.63, 3.8) is 0 Å². The maximum atomic E-state index is 12.4. The van der Waals surface area contributed by atoms with Crippen LogP contribution in [0.25, 0.3) is 11.6 Å². The highest BCUT2D eigenvalue weighted by molar-refractivity contribution is 5.94. The number of aromatic nitrogens is 4. The molecule has 4 rings (SSSR count). The molecule has 1 aliphatic carbocycles. The second-order valence-corrected chi connectivity index (χ2v) is 8.36. The van der Waals surface area contributed by atoms with Gasteiger partial charge in [0.25, 0.3) is 11.8 Å². The molecule has 2 aromatic heterocycles. The Kier molecular flexibility index (Phi) is 6.25. The molecule has 0 radical (unpaired) electrons. The molecule has 1 aliphatic rings. The van der Waals surface area contributed by atoms with Gasteiger partial charge < -0.3 is 14.6 Å². The number of nitrogens with zero attached hydrogens (tertiary/aromatic N) is 5. The lowest BCUT2D eigenvalue weighted by molar-refractivity contribution is 0.0942. The molecule has 1 amide bonds. The van der Waals surface area contributed by atoms with Crippen LogP contribution < -0.4 is 10.2 Å². The van der Waals surface area contributed by atoms with E-state index in [4.69, 9.17) is 4.42 Å². The van der Waals surface area contributed by atoms with Gasteiger partial charge >= 0.3 is 0 Å². The zero-order chi connectivity index (χ0) is 21.8. The second kappa shape index (κ2) is 9.24. The summed E-state index contributed by atoms with van der Waals surface area (Å²) >= 11 is 0. The lowest BCUT2D eigenvalue weighted by Gasteiger charge is -2.26. The molecule has 0 aliphatic heterocycles. The summed E-state index contributed by atoms with van der Waals surface area (Å²) in [6.45, 7) is 2.58. The fourth-order valence-corrected chi connectivity index (χ4v) is 3.87. The fourth-order valence-electron chi connectivity index (χ4n) is 3.87. The lowest BCUT2D eigenvalue weighted by Crippen LogP contribution is -2.31. The van der Waals surface area contributed by atoms with E-state index in [1.165, 1.54) is 0 Å². The van der Waals surface area contributed by atoms with Crippen molar-refractivity contribution in [3.05, 3.63) is 53.8 Å². The summed E-state index contributed by atoms with van der Waals surface area (Å²) in [6, 6.07) is 7.65. The monoisotopic (exact) mass is 420 g/mol. The third kappa shape index (κ3) is 5.07. The Morgan fingerprint density at radius 1 is 1.06 bits per heavy atom. The van der Waals surface area contributed by atoms with Crippen molar-refractivity contribution in [2.75, 3.05) is 25.5 Å². The first kappa shape index (κ1) is 21.0. The van der Waals surface area contributed by atoms with E-state index in [0.29, 0.717) is 35.5 Å². The van der Waals surface area contributed by atoms with Gasteiger partial charge in [-0.15, -0.1) is 10.2 Å². The van der Waals surface area contributed by atoms with Gasteiger partial charge in [0.2, 0.25) is 5.89 Å². The van der Waals surface area contributed by atoms with Gasteiger partial charge in [-0.1, -0.05) is 0 Å². The number of carbonyl (C=O) groups excluding carboxylic acids is 1. The molecule has 1 saturated carbocycles. The van der Waals surface area contributed by atoms with Crippen LogP contribution in [0.15, 0.2) is 41.1 Å². The number of aryl methyl sites for hydroxylation is 1. The minimum absolute atomic E-state index is 0.0202. The minimum Gasteiger partial charge on any atom is -0.419 e. The van der Waals surface area contributed by atoms with Gasteiger partial charge in [0.15, 0.2) is 0 Å². The van der Waals surface area contributed by atoms with E-state index >= 15 is 0 Å². The predicted octanol–water partition coefficient (Wildman–Crippen LogP) is 3.60. The van der Waals surface area contributed by atoms with E-state index in [-0.39, 0.29) is 11.8 Å². The second-order valence-electron chi connectivity index (χ2n) is 8.36. The normalized spacial score (nSPS) is 18.5. The molecule has 31 heavy (non-hydrogen) atoms. The van der Waals surface area contributed by atoms with Gasteiger partial charge in [-0.25, -0.2) is 4.98 Å². The molecule has 0 spiro atoms. The molecule has 0 saturated heterocycles.